The molecule has 2 aromatic heterocycles. The largest absolute Gasteiger partial charge is 0.339 e. The lowest BCUT2D eigenvalue weighted by Gasteiger charge is -2.09. The Hall–Kier alpha value is -1.46. The molecular formula is C15H12BrN3S. The molecule has 3 nitrogen and oxygen atoms in total. The summed E-state index contributed by atoms with van der Waals surface area (Å²) in [7, 11) is 0. The van der Waals surface area contributed by atoms with E-state index in [2.05, 4.69) is 31.2 Å². The van der Waals surface area contributed by atoms with Gasteiger partial charge in [0.1, 0.15) is 17.0 Å². The van der Waals surface area contributed by atoms with Crippen molar-refractivity contribution in [2.24, 2.45) is 0 Å². The van der Waals surface area contributed by atoms with E-state index in [4.69, 9.17) is 0 Å². The van der Waals surface area contributed by atoms with Gasteiger partial charge < -0.3 is 5.32 Å². The fraction of sp³-hybridized carbons (Fsp3) is 0.200. The smallest absolute Gasteiger partial charge is 0.142 e. The molecule has 1 aliphatic rings. The highest BCUT2D eigenvalue weighted by molar-refractivity contribution is 9.10. The molecule has 0 spiro atoms. The number of anilines is 2. The van der Waals surface area contributed by atoms with E-state index in [1.807, 2.05) is 35.6 Å². The first-order valence-electron chi connectivity index (χ1n) is 6.60. The molecule has 5 heteroatoms. The van der Waals surface area contributed by atoms with Crippen LogP contribution >= 0.6 is 27.3 Å². The predicted octanol–water partition coefficient (Wildman–Crippen LogP) is 4.69. The highest BCUT2D eigenvalue weighted by Gasteiger charge is 2.21. The van der Waals surface area contributed by atoms with Crippen molar-refractivity contribution < 1.29 is 0 Å². The molecule has 0 fully saturated rings. The summed E-state index contributed by atoms with van der Waals surface area (Å²) >= 11 is 5.38. The van der Waals surface area contributed by atoms with E-state index in [-0.39, 0.29) is 0 Å². The Morgan fingerprint density at radius 3 is 2.95 bits per heavy atom. The van der Waals surface area contributed by atoms with E-state index in [1.54, 1.807) is 6.33 Å². The molecule has 1 aliphatic carbocycles. The van der Waals surface area contributed by atoms with E-state index >= 15 is 0 Å². The van der Waals surface area contributed by atoms with E-state index in [9.17, 15) is 0 Å². The second-order valence-corrected chi connectivity index (χ2v) is 6.80. The first-order valence-corrected chi connectivity index (χ1v) is 8.20. The summed E-state index contributed by atoms with van der Waals surface area (Å²) in [6.45, 7) is 0. The Kier molecular flexibility index (Phi) is 2.97. The monoisotopic (exact) mass is 345 g/mol. The lowest BCUT2D eigenvalue weighted by atomic mass is 10.2. The summed E-state index contributed by atoms with van der Waals surface area (Å²) in [5, 5.41) is 4.65. The Labute approximate surface area is 129 Å². The highest BCUT2D eigenvalue weighted by atomic mass is 79.9. The maximum atomic E-state index is 4.46. The topological polar surface area (TPSA) is 37.8 Å². The van der Waals surface area contributed by atoms with Crippen LogP contribution in [-0.2, 0) is 12.8 Å². The van der Waals surface area contributed by atoms with E-state index in [1.165, 1.54) is 28.7 Å². The molecule has 0 atom stereocenters. The molecule has 2 heterocycles. The Morgan fingerprint density at radius 2 is 2.05 bits per heavy atom. The van der Waals surface area contributed by atoms with Crippen molar-refractivity contribution >= 4 is 49.0 Å². The molecule has 20 heavy (non-hydrogen) atoms. The van der Waals surface area contributed by atoms with Gasteiger partial charge in [0.25, 0.3) is 0 Å². The van der Waals surface area contributed by atoms with Crippen LogP contribution in [-0.4, -0.2) is 9.97 Å². The van der Waals surface area contributed by atoms with Gasteiger partial charge in [0, 0.05) is 9.35 Å². The second kappa shape index (κ2) is 4.82. The maximum absolute atomic E-state index is 4.46. The number of benzene rings is 1. The number of fused-ring (bicyclic) bond motifs is 3. The van der Waals surface area contributed by atoms with Crippen LogP contribution in [0.5, 0.6) is 0 Å². The number of aromatic nitrogens is 2. The quantitative estimate of drug-likeness (QED) is 0.732. The van der Waals surface area contributed by atoms with Gasteiger partial charge in [-0.15, -0.1) is 11.3 Å². The number of nitrogens with zero attached hydrogens (tertiary/aromatic N) is 2. The third-order valence-electron chi connectivity index (χ3n) is 3.63. The molecular weight excluding hydrogens is 334 g/mol. The van der Waals surface area contributed by atoms with Gasteiger partial charge in [-0.1, -0.05) is 12.1 Å². The normalized spacial score (nSPS) is 13.7. The lowest BCUT2D eigenvalue weighted by Crippen LogP contribution is -1.96. The molecule has 0 saturated heterocycles. The zero-order valence-corrected chi connectivity index (χ0v) is 13.1. The average Bonchev–Trinajstić information content (AvgIpc) is 3.02. The minimum atomic E-state index is 0.918. The van der Waals surface area contributed by atoms with Gasteiger partial charge in [-0.25, -0.2) is 9.97 Å². The minimum absolute atomic E-state index is 0.918. The van der Waals surface area contributed by atoms with Crippen LogP contribution in [0.2, 0.25) is 0 Å². The molecule has 0 unspecified atom stereocenters. The van der Waals surface area contributed by atoms with Crippen molar-refractivity contribution in [3.8, 4) is 0 Å². The molecule has 0 radical (unpaired) electrons. The predicted molar refractivity (Wildman–Crippen MR) is 86.9 cm³/mol. The zero-order valence-electron chi connectivity index (χ0n) is 10.7. The minimum Gasteiger partial charge on any atom is -0.339 e. The first kappa shape index (κ1) is 12.3. The highest BCUT2D eigenvalue weighted by Crippen LogP contribution is 2.40. The van der Waals surface area contributed by atoms with Crippen LogP contribution in [0.15, 0.2) is 35.1 Å². The molecule has 0 aliphatic heterocycles. The first-order chi connectivity index (χ1) is 9.83. The molecule has 3 aromatic rings. The van der Waals surface area contributed by atoms with Gasteiger partial charge in [0.15, 0.2) is 0 Å². The molecule has 1 aromatic carbocycles. The fourth-order valence-electron chi connectivity index (χ4n) is 2.71. The van der Waals surface area contributed by atoms with E-state index < -0.39 is 0 Å². The van der Waals surface area contributed by atoms with Crippen LogP contribution in [0, 0.1) is 0 Å². The third kappa shape index (κ3) is 1.93. The SMILES string of the molecule is Brc1ccccc1Nc1ncnc2sc3c(c12)CCC3. The Balaban J connectivity index is 1.86. The number of halogens is 1. The van der Waals surface area contributed by atoms with Crippen LogP contribution in [0.3, 0.4) is 0 Å². The standard InChI is InChI=1S/C15H12BrN3S/c16-10-5-1-2-6-11(10)19-14-13-9-4-3-7-12(9)20-15(13)18-8-17-14/h1-2,5-6,8H,3-4,7H2,(H,17,18,19). The molecule has 0 bridgehead atoms. The van der Waals surface area contributed by atoms with Gasteiger partial charge in [0.05, 0.1) is 11.1 Å². The second-order valence-electron chi connectivity index (χ2n) is 4.86. The molecule has 100 valence electrons. The lowest BCUT2D eigenvalue weighted by molar-refractivity contribution is 0.917. The van der Waals surface area contributed by atoms with Crippen molar-refractivity contribution in [1.29, 1.82) is 0 Å². The van der Waals surface area contributed by atoms with Crippen LogP contribution in [0.25, 0.3) is 10.2 Å². The van der Waals surface area contributed by atoms with E-state index in [0.29, 0.717) is 0 Å². The van der Waals surface area contributed by atoms with Gasteiger partial charge >= 0.3 is 0 Å². The summed E-state index contributed by atoms with van der Waals surface area (Å²) in [4.78, 5) is 11.5. The van der Waals surface area contributed by atoms with Crippen LogP contribution in [0.1, 0.15) is 16.9 Å². The summed E-state index contributed by atoms with van der Waals surface area (Å²) in [6, 6.07) is 8.10. The van der Waals surface area contributed by atoms with Crippen LogP contribution in [0.4, 0.5) is 11.5 Å². The maximum Gasteiger partial charge on any atom is 0.142 e. The number of hydrogen-bond donors (Lipinski definition) is 1. The Bertz CT molecular complexity index is 797. The molecule has 0 amide bonds. The third-order valence-corrected chi connectivity index (χ3v) is 5.52. The fourth-order valence-corrected chi connectivity index (χ4v) is 4.33. The van der Waals surface area contributed by atoms with Crippen molar-refractivity contribution in [2.75, 3.05) is 5.32 Å². The van der Waals surface area contributed by atoms with Crippen molar-refractivity contribution in [3.63, 3.8) is 0 Å². The number of aryl methyl sites for hydroxylation is 2. The zero-order chi connectivity index (χ0) is 13.5. The Morgan fingerprint density at radius 1 is 1.15 bits per heavy atom. The van der Waals surface area contributed by atoms with Gasteiger partial charge in [-0.05, 0) is 52.9 Å². The number of nitrogens with one attached hydrogen (secondary N) is 1. The summed E-state index contributed by atoms with van der Waals surface area (Å²) in [5.41, 5.74) is 2.48. The molecule has 1 N–H and O–H groups in total. The van der Waals surface area contributed by atoms with Crippen molar-refractivity contribution in [2.45, 2.75) is 19.3 Å². The summed E-state index contributed by atoms with van der Waals surface area (Å²) in [5.74, 6) is 0.918. The van der Waals surface area contributed by atoms with Crippen molar-refractivity contribution in [3.05, 3.63) is 45.5 Å². The number of para-hydroxylation sites is 1. The van der Waals surface area contributed by atoms with Gasteiger partial charge in [0.2, 0.25) is 0 Å². The molecule has 0 saturated carbocycles. The van der Waals surface area contributed by atoms with Gasteiger partial charge in [-0.2, -0.15) is 0 Å². The summed E-state index contributed by atoms with van der Waals surface area (Å²) in [6.07, 6.45) is 5.23. The van der Waals surface area contributed by atoms with Crippen molar-refractivity contribution in [1.82, 2.24) is 9.97 Å². The van der Waals surface area contributed by atoms with Gasteiger partial charge in [-0.3, -0.25) is 0 Å². The average molecular weight is 346 g/mol. The summed E-state index contributed by atoms with van der Waals surface area (Å²) < 4.78 is 1.04. The molecule has 4 rings (SSSR count). The number of thiophene rings is 1. The van der Waals surface area contributed by atoms with E-state index in [0.717, 1.165) is 27.2 Å². The number of hydrogen-bond acceptors (Lipinski definition) is 4. The van der Waals surface area contributed by atoms with Crippen LogP contribution < -0.4 is 5.32 Å². The number of rotatable bonds is 2.